The first-order valence-electron chi connectivity index (χ1n) is 11.1. The zero-order chi connectivity index (χ0) is 20.7. The highest BCUT2D eigenvalue weighted by molar-refractivity contribution is 5.87. The summed E-state index contributed by atoms with van der Waals surface area (Å²) >= 11 is 0. The molecule has 1 unspecified atom stereocenters. The molecule has 1 aliphatic heterocycles. The minimum atomic E-state index is -0.528. The average Bonchev–Trinajstić information content (AvgIpc) is 2.75. The summed E-state index contributed by atoms with van der Waals surface area (Å²) in [5.74, 6) is -0.136. The number of unbranched alkanes of at least 4 members (excludes halogenated alkanes) is 3. The van der Waals surface area contributed by atoms with E-state index in [0.29, 0.717) is 19.4 Å². The number of morpholine rings is 1. The van der Waals surface area contributed by atoms with Gasteiger partial charge in [0.25, 0.3) is 0 Å². The predicted molar refractivity (Wildman–Crippen MR) is 116 cm³/mol. The van der Waals surface area contributed by atoms with Gasteiger partial charge in [-0.1, -0.05) is 56.5 Å². The van der Waals surface area contributed by atoms with Crippen molar-refractivity contribution in [3.63, 3.8) is 0 Å². The summed E-state index contributed by atoms with van der Waals surface area (Å²) in [5.41, 5.74) is 1.05. The monoisotopic (exact) mass is 403 g/mol. The van der Waals surface area contributed by atoms with Gasteiger partial charge in [-0.15, -0.1) is 0 Å². The number of hydrogen-bond donors (Lipinski definition) is 2. The average molecular weight is 404 g/mol. The second-order valence-corrected chi connectivity index (χ2v) is 7.72. The van der Waals surface area contributed by atoms with Crippen LogP contribution in [-0.4, -0.2) is 62.1 Å². The van der Waals surface area contributed by atoms with Crippen LogP contribution in [0.3, 0.4) is 0 Å². The van der Waals surface area contributed by atoms with Crippen molar-refractivity contribution >= 4 is 11.8 Å². The van der Waals surface area contributed by atoms with Gasteiger partial charge in [-0.3, -0.25) is 14.5 Å². The van der Waals surface area contributed by atoms with Crippen LogP contribution >= 0.6 is 0 Å². The Morgan fingerprint density at radius 1 is 1.07 bits per heavy atom. The van der Waals surface area contributed by atoms with E-state index in [9.17, 15) is 9.59 Å². The van der Waals surface area contributed by atoms with Crippen molar-refractivity contribution in [2.75, 3.05) is 39.4 Å². The van der Waals surface area contributed by atoms with Crippen LogP contribution in [-0.2, 0) is 20.7 Å². The number of nitrogens with zero attached hydrogens (tertiary/aromatic N) is 1. The van der Waals surface area contributed by atoms with E-state index in [2.05, 4.69) is 22.5 Å². The van der Waals surface area contributed by atoms with E-state index in [1.165, 1.54) is 0 Å². The Morgan fingerprint density at radius 2 is 1.83 bits per heavy atom. The first kappa shape index (κ1) is 23.4. The fourth-order valence-corrected chi connectivity index (χ4v) is 3.50. The number of carbonyl (C=O) groups is 2. The van der Waals surface area contributed by atoms with Crippen molar-refractivity contribution in [2.45, 2.75) is 57.9 Å². The van der Waals surface area contributed by atoms with Gasteiger partial charge in [0.1, 0.15) is 6.04 Å². The maximum atomic E-state index is 12.8. The first-order valence-corrected chi connectivity index (χ1v) is 11.1. The Balaban J connectivity index is 1.79. The van der Waals surface area contributed by atoms with Gasteiger partial charge in [0.2, 0.25) is 11.8 Å². The number of hydrogen-bond acceptors (Lipinski definition) is 4. The van der Waals surface area contributed by atoms with E-state index in [1.807, 2.05) is 30.3 Å². The molecule has 1 aromatic rings. The summed E-state index contributed by atoms with van der Waals surface area (Å²) < 4.78 is 5.36. The molecular weight excluding hydrogens is 366 g/mol. The van der Waals surface area contributed by atoms with Crippen LogP contribution in [0.5, 0.6) is 0 Å². The van der Waals surface area contributed by atoms with Crippen molar-refractivity contribution in [3.8, 4) is 0 Å². The van der Waals surface area contributed by atoms with Gasteiger partial charge in [-0.05, 0) is 24.9 Å². The van der Waals surface area contributed by atoms with Crippen molar-refractivity contribution < 1.29 is 14.3 Å². The van der Waals surface area contributed by atoms with Crippen LogP contribution in [0.2, 0.25) is 0 Å². The van der Waals surface area contributed by atoms with Gasteiger partial charge >= 0.3 is 0 Å². The summed E-state index contributed by atoms with van der Waals surface area (Å²) in [5, 5.41) is 5.97. The number of nitrogens with one attached hydrogen (secondary N) is 2. The summed E-state index contributed by atoms with van der Waals surface area (Å²) in [4.78, 5) is 27.4. The van der Waals surface area contributed by atoms with Gasteiger partial charge in [-0.2, -0.15) is 0 Å². The molecule has 0 spiro atoms. The maximum Gasteiger partial charge on any atom is 0.242 e. The van der Waals surface area contributed by atoms with E-state index in [0.717, 1.165) is 70.5 Å². The third-order valence-corrected chi connectivity index (χ3v) is 5.25. The molecule has 0 bridgehead atoms. The van der Waals surface area contributed by atoms with Crippen LogP contribution in [0.1, 0.15) is 51.0 Å². The Hall–Kier alpha value is -1.92. The van der Waals surface area contributed by atoms with Crippen molar-refractivity contribution in [3.05, 3.63) is 35.9 Å². The summed E-state index contributed by atoms with van der Waals surface area (Å²) in [6, 6.07) is 9.33. The summed E-state index contributed by atoms with van der Waals surface area (Å²) in [6.07, 6.45) is 6.11. The van der Waals surface area contributed by atoms with Gasteiger partial charge in [0.15, 0.2) is 0 Å². The number of ether oxygens (including phenoxy) is 1. The van der Waals surface area contributed by atoms with Crippen LogP contribution in [0.15, 0.2) is 30.3 Å². The van der Waals surface area contributed by atoms with E-state index in [1.54, 1.807) is 0 Å². The fraction of sp³-hybridized carbons (Fsp3) is 0.652. The van der Waals surface area contributed by atoms with Crippen molar-refractivity contribution in [1.82, 2.24) is 15.5 Å². The molecule has 162 valence electrons. The van der Waals surface area contributed by atoms with Gasteiger partial charge in [0.05, 0.1) is 13.2 Å². The molecule has 1 saturated heterocycles. The highest BCUT2D eigenvalue weighted by atomic mass is 16.5. The van der Waals surface area contributed by atoms with Gasteiger partial charge < -0.3 is 15.4 Å². The molecule has 1 atom stereocenters. The zero-order valence-corrected chi connectivity index (χ0v) is 17.8. The van der Waals surface area contributed by atoms with Crippen LogP contribution in [0.25, 0.3) is 0 Å². The highest BCUT2D eigenvalue weighted by Gasteiger charge is 2.21. The molecule has 1 fully saturated rings. The SMILES string of the molecule is CCCCCCC(=O)NC(Cc1ccccc1)C(=O)NCCCN1CCOCC1. The molecule has 6 heteroatoms. The normalized spacial score (nSPS) is 15.6. The van der Waals surface area contributed by atoms with Gasteiger partial charge in [-0.25, -0.2) is 0 Å². The number of rotatable bonds is 13. The molecule has 1 aromatic carbocycles. The summed E-state index contributed by atoms with van der Waals surface area (Å²) in [6.45, 7) is 7.22. The second-order valence-electron chi connectivity index (χ2n) is 7.72. The van der Waals surface area contributed by atoms with E-state index in [-0.39, 0.29) is 11.8 Å². The Kier molecular flexibility index (Phi) is 11.4. The maximum absolute atomic E-state index is 12.8. The molecule has 0 aromatic heterocycles. The number of amides is 2. The molecule has 2 rings (SSSR count). The lowest BCUT2D eigenvalue weighted by molar-refractivity contribution is -0.129. The molecule has 0 saturated carbocycles. The third-order valence-electron chi connectivity index (χ3n) is 5.25. The zero-order valence-electron chi connectivity index (χ0n) is 17.8. The lowest BCUT2D eigenvalue weighted by atomic mass is 10.0. The lowest BCUT2D eigenvalue weighted by Gasteiger charge is -2.26. The highest BCUT2D eigenvalue weighted by Crippen LogP contribution is 2.06. The second kappa shape index (κ2) is 14.1. The Bertz CT molecular complexity index is 588. The third kappa shape index (κ3) is 9.90. The lowest BCUT2D eigenvalue weighted by Crippen LogP contribution is -2.48. The predicted octanol–water partition coefficient (Wildman–Crippen LogP) is 2.52. The van der Waals surface area contributed by atoms with Gasteiger partial charge in [0, 0.05) is 32.5 Å². The van der Waals surface area contributed by atoms with Crippen molar-refractivity contribution in [2.24, 2.45) is 0 Å². The van der Waals surface area contributed by atoms with Crippen LogP contribution in [0, 0.1) is 0 Å². The molecule has 2 N–H and O–H groups in total. The standard InChI is InChI=1S/C23H37N3O3/c1-2-3-4-8-12-22(27)25-21(19-20-10-6-5-7-11-20)23(28)24-13-9-14-26-15-17-29-18-16-26/h5-7,10-11,21H,2-4,8-9,12-19H2,1H3,(H,24,28)(H,25,27). The molecular formula is C23H37N3O3. The quantitative estimate of drug-likeness (QED) is 0.497. The Morgan fingerprint density at radius 3 is 2.55 bits per heavy atom. The largest absolute Gasteiger partial charge is 0.379 e. The van der Waals surface area contributed by atoms with Crippen LogP contribution < -0.4 is 10.6 Å². The minimum Gasteiger partial charge on any atom is -0.379 e. The molecule has 0 aliphatic carbocycles. The first-order chi connectivity index (χ1) is 14.2. The fourth-order valence-electron chi connectivity index (χ4n) is 3.50. The van der Waals surface area contributed by atoms with E-state index in [4.69, 9.17) is 4.74 Å². The molecule has 1 aliphatic rings. The van der Waals surface area contributed by atoms with Crippen LogP contribution in [0.4, 0.5) is 0 Å². The molecule has 0 radical (unpaired) electrons. The Labute approximate surface area is 175 Å². The molecule has 2 amide bonds. The molecule has 6 nitrogen and oxygen atoms in total. The number of benzene rings is 1. The topological polar surface area (TPSA) is 70.7 Å². The smallest absolute Gasteiger partial charge is 0.242 e. The number of carbonyl (C=O) groups excluding carboxylic acids is 2. The minimum absolute atomic E-state index is 0.0366. The van der Waals surface area contributed by atoms with Crippen molar-refractivity contribution in [1.29, 1.82) is 0 Å². The molecule has 1 heterocycles. The van der Waals surface area contributed by atoms with E-state index >= 15 is 0 Å². The van der Waals surface area contributed by atoms with E-state index < -0.39 is 6.04 Å². The molecule has 29 heavy (non-hydrogen) atoms. The summed E-state index contributed by atoms with van der Waals surface area (Å²) in [7, 11) is 0.